The summed E-state index contributed by atoms with van der Waals surface area (Å²) < 4.78 is 0. The van der Waals surface area contributed by atoms with Crippen molar-refractivity contribution in [2.75, 3.05) is 18.0 Å². The molecule has 1 aromatic rings. The molecule has 1 saturated heterocycles. The first-order valence-electron chi connectivity index (χ1n) is 6.10. The number of hydrogen-bond acceptors (Lipinski definition) is 3. The molecule has 92 valence electrons. The van der Waals surface area contributed by atoms with E-state index in [-0.39, 0.29) is 10.6 Å². The number of nitro benzene ring substituents is 1. The van der Waals surface area contributed by atoms with Gasteiger partial charge in [0.2, 0.25) is 0 Å². The molecule has 1 heterocycles. The maximum absolute atomic E-state index is 11.2. The van der Waals surface area contributed by atoms with Gasteiger partial charge in [0.1, 0.15) is 5.69 Å². The Morgan fingerprint density at radius 3 is 2.41 bits per heavy atom. The van der Waals surface area contributed by atoms with E-state index in [9.17, 15) is 10.1 Å². The molecular formula is C13H18N2O2. The molecule has 0 aromatic heterocycles. The highest BCUT2D eigenvalue weighted by molar-refractivity contribution is 5.68. The maximum atomic E-state index is 11.2. The number of piperidine rings is 1. The van der Waals surface area contributed by atoms with Gasteiger partial charge < -0.3 is 4.90 Å². The first-order chi connectivity index (χ1) is 8.09. The number of aryl methyl sites for hydroxylation is 2. The van der Waals surface area contributed by atoms with Gasteiger partial charge in [0.15, 0.2) is 0 Å². The van der Waals surface area contributed by atoms with Crippen LogP contribution < -0.4 is 4.90 Å². The van der Waals surface area contributed by atoms with Gasteiger partial charge in [-0.05, 0) is 50.8 Å². The molecule has 0 amide bonds. The molecule has 4 nitrogen and oxygen atoms in total. The van der Waals surface area contributed by atoms with Crippen LogP contribution in [0.3, 0.4) is 0 Å². The zero-order chi connectivity index (χ0) is 12.4. The summed E-state index contributed by atoms with van der Waals surface area (Å²) in [5.41, 5.74) is 2.92. The summed E-state index contributed by atoms with van der Waals surface area (Å²) in [5, 5.41) is 11.2. The predicted molar refractivity (Wildman–Crippen MR) is 68.6 cm³/mol. The largest absolute Gasteiger partial charge is 0.366 e. The van der Waals surface area contributed by atoms with Crippen LogP contribution in [0.5, 0.6) is 0 Å². The third-order valence-corrected chi connectivity index (χ3v) is 3.30. The van der Waals surface area contributed by atoms with Crippen molar-refractivity contribution in [2.24, 2.45) is 0 Å². The predicted octanol–water partition coefficient (Wildman–Crippen LogP) is 3.20. The molecule has 1 aliphatic rings. The van der Waals surface area contributed by atoms with E-state index in [0.29, 0.717) is 0 Å². The molecule has 17 heavy (non-hydrogen) atoms. The molecule has 0 bridgehead atoms. The molecular weight excluding hydrogens is 216 g/mol. The Morgan fingerprint density at radius 1 is 1.18 bits per heavy atom. The minimum atomic E-state index is -0.251. The SMILES string of the molecule is Cc1cc(C)c([N+](=O)[O-])c(N2CCCCC2)c1. The van der Waals surface area contributed by atoms with Gasteiger partial charge in [-0.2, -0.15) is 0 Å². The molecule has 0 atom stereocenters. The molecule has 0 saturated carbocycles. The summed E-state index contributed by atoms with van der Waals surface area (Å²) in [5.74, 6) is 0. The number of anilines is 1. The van der Waals surface area contributed by atoms with Crippen molar-refractivity contribution in [3.05, 3.63) is 33.4 Å². The van der Waals surface area contributed by atoms with E-state index in [1.165, 1.54) is 6.42 Å². The first kappa shape index (κ1) is 11.9. The summed E-state index contributed by atoms with van der Waals surface area (Å²) in [6.07, 6.45) is 3.49. The molecule has 2 rings (SSSR count). The van der Waals surface area contributed by atoms with Crippen LogP contribution in [-0.2, 0) is 0 Å². The smallest absolute Gasteiger partial charge is 0.295 e. The van der Waals surface area contributed by atoms with Gasteiger partial charge >= 0.3 is 0 Å². The lowest BCUT2D eigenvalue weighted by atomic mass is 10.0. The average Bonchev–Trinajstić information content (AvgIpc) is 2.28. The Labute approximate surface area is 101 Å². The van der Waals surface area contributed by atoms with Crippen LogP contribution in [0.4, 0.5) is 11.4 Å². The molecule has 0 unspecified atom stereocenters. The van der Waals surface area contributed by atoms with Crippen molar-refractivity contribution < 1.29 is 4.92 Å². The Hall–Kier alpha value is -1.58. The third-order valence-electron chi connectivity index (χ3n) is 3.30. The Bertz CT molecular complexity index is 437. The monoisotopic (exact) mass is 234 g/mol. The highest BCUT2D eigenvalue weighted by Gasteiger charge is 2.23. The lowest BCUT2D eigenvalue weighted by molar-refractivity contribution is -0.384. The summed E-state index contributed by atoms with van der Waals surface area (Å²) >= 11 is 0. The fourth-order valence-corrected chi connectivity index (χ4v) is 2.55. The van der Waals surface area contributed by atoms with Crippen molar-refractivity contribution in [1.82, 2.24) is 0 Å². The van der Waals surface area contributed by atoms with Gasteiger partial charge in [-0.1, -0.05) is 0 Å². The molecule has 1 aliphatic heterocycles. The summed E-state index contributed by atoms with van der Waals surface area (Å²) in [6.45, 7) is 5.68. The second kappa shape index (κ2) is 4.73. The summed E-state index contributed by atoms with van der Waals surface area (Å²) in [7, 11) is 0. The van der Waals surface area contributed by atoms with Crippen molar-refractivity contribution >= 4 is 11.4 Å². The van der Waals surface area contributed by atoms with Gasteiger partial charge in [-0.25, -0.2) is 0 Å². The van der Waals surface area contributed by atoms with E-state index in [2.05, 4.69) is 4.90 Å². The van der Waals surface area contributed by atoms with Crippen LogP contribution in [0.2, 0.25) is 0 Å². The van der Waals surface area contributed by atoms with Crippen LogP contribution >= 0.6 is 0 Å². The van der Waals surface area contributed by atoms with Crippen LogP contribution in [-0.4, -0.2) is 18.0 Å². The number of hydrogen-bond donors (Lipinski definition) is 0. The first-order valence-corrected chi connectivity index (χ1v) is 6.10. The highest BCUT2D eigenvalue weighted by atomic mass is 16.6. The Balaban J connectivity index is 2.46. The van der Waals surface area contributed by atoms with E-state index in [0.717, 1.165) is 42.7 Å². The molecule has 1 aromatic carbocycles. The van der Waals surface area contributed by atoms with Crippen molar-refractivity contribution in [2.45, 2.75) is 33.1 Å². The molecule has 0 spiro atoms. The second-order valence-corrected chi connectivity index (χ2v) is 4.75. The fraction of sp³-hybridized carbons (Fsp3) is 0.538. The van der Waals surface area contributed by atoms with Gasteiger partial charge in [0.25, 0.3) is 5.69 Å². The van der Waals surface area contributed by atoms with Crippen LogP contribution in [0.1, 0.15) is 30.4 Å². The molecule has 0 radical (unpaired) electrons. The normalized spacial score (nSPS) is 16.0. The van der Waals surface area contributed by atoms with E-state index in [1.54, 1.807) is 0 Å². The van der Waals surface area contributed by atoms with Crippen molar-refractivity contribution in [3.63, 3.8) is 0 Å². The Morgan fingerprint density at radius 2 is 1.82 bits per heavy atom. The standard InChI is InChI=1S/C13H18N2O2/c1-10-8-11(2)13(15(16)17)12(9-10)14-6-4-3-5-7-14/h8-9H,3-7H2,1-2H3. The van der Waals surface area contributed by atoms with Crippen LogP contribution in [0, 0.1) is 24.0 Å². The lowest BCUT2D eigenvalue weighted by Crippen LogP contribution is -2.30. The molecule has 4 heteroatoms. The average molecular weight is 234 g/mol. The zero-order valence-corrected chi connectivity index (χ0v) is 10.4. The lowest BCUT2D eigenvalue weighted by Gasteiger charge is -2.29. The minimum Gasteiger partial charge on any atom is -0.366 e. The molecule has 0 aliphatic carbocycles. The third kappa shape index (κ3) is 2.40. The quantitative estimate of drug-likeness (QED) is 0.583. The maximum Gasteiger partial charge on any atom is 0.295 e. The van der Waals surface area contributed by atoms with Crippen molar-refractivity contribution in [3.8, 4) is 0 Å². The number of rotatable bonds is 2. The molecule has 1 fully saturated rings. The van der Waals surface area contributed by atoms with Crippen LogP contribution in [0.15, 0.2) is 12.1 Å². The summed E-state index contributed by atoms with van der Waals surface area (Å²) in [4.78, 5) is 13.1. The van der Waals surface area contributed by atoms with Crippen molar-refractivity contribution in [1.29, 1.82) is 0 Å². The zero-order valence-electron chi connectivity index (χ0n) is 10.4. The number of nitro groups is 1. The number of benzene rings is 1. The van der Waals surface area contributed by atoms with Gasteiger partial charge in [-0.3, -0.25) is 10.1 Å². The highest BCUT2D eigenvalue weighted by Crippen LogP contribution is 2.34. The second-order valence-electron chi connectivity index (χ2n) is 4.75. The van der Waals surface area contributed by atoms with Gasteiger partial charge in [0.05, 0.1) is 4.92 Å². The van der Waals surface area contributed by atoms with Gasteiger partial charge in [0, 0.05) is 18.7 Å². The summed E-state index contributed by atoms with van der Waals surface area (Å²) in [6, 6.07) is 3.82. The van der Waals surface area contributed by atoms with E-state index in [4.69, 9.17) is 0 Å². The van der Waals surface area contributed by atoms with E-state index >= 15 is 0 Å². The molecule has 0 N–H and O–H groups in total. The van der Waals surface area contributed by atoms with Gasteiger partial charge in [-0.15, -0.1) is 0 Å². The van der Waals surface area contributed by atoms with E-state index < -0.39 is 0 Å². The Kier molecular flexibility index (Phi) is 3.31. The minimum absolute atomic E-state index is 0.251. The van der Waals surface area contributed by atoms with Crippen LogP contribution in [0.25, 0.3) is 0 Å². The fourth-order valence-electron chi connectivity index (χ4n) is 2.55. The topological polar surface area (TPSA) is 46.4 Å². The van der Waals surface area contributed by atoms with E-state index in [1.807, 2.05) is 26.0 Å². The number of nitrogens with zero attached hydrogens (tertiary/aromatic N) is 2.